The number of aryl methyl sites for hydroxylation is 1. The molecule has 1 aromatic heterocycles. The highest BCUT2D eigenvalue weighted by Crippen LogP contribution is 2.16. The average Bonchev–Trinajstić information content (AvgIpc) is 2.61. The topological polar surface area (TPSA) is 66.0 Å². The smallest absolute Gasteiger partial charge is 0.258 e. The normalized spacial score (nSPS) is 11.6. The van der Waals surface area contributed by atoms with E-state index in [4.69, 9.17) is 0 Å². The highest BCUT2D eigenvalue weighted by atomic mass is 16.3. The summed E-state index contributed by atoms with van der Waals surface area (Å²) in [6, 6.07) is 16.9. The Hall–Kier alpha value is -3.14. The van der Waals surface area contributed by atoms with Gasteiger partial charge in [-0.2, -0.15) is 0 Å². The monoisotopic (exact) mass is 318 g/mol. The van der Waals surface area contributed by atoms with E-state index in [-0.39, 0.29) is 11.3 Å². The van der Waals surface area contributed by atoms with Crippen molar-refractivity contribution in [3.8, 4) is 0 Å². The summed E-state index contributed by atoms with van der Waals surface area (Å²) in [7, 11) is 0. The third-order valence-corrected chi connectivity index (χ3v) is 3.77. The van der Waals surface area contributed by atoms with Crippen LogP contribution in [0.25, 0.3) is 16.5 Å². The van der Waals surface area contributed by atoms with E-state index in [1.165, 1.54) is 0 Å². The van der Waals surface area contributed by atoms with Crippen molar-refractivity contribution in [2.75, 3.05) is 0 Å². The van der Waals surface area contributed by atoms with Crippen molar-refractivity contribution in [1.82, 2.24) is 9.97 Å². The Labute approximate surface area is 139 Å². The predicted octanol–water partition coefficient (Wildman–Crippen LogP) is 4.01. The molecule has 3 rings (SSSR count). The summed E-state index contributed by atoms with van der Waals surface area (Å²) in [4.78, 5) is 19.2. The summed E-state index contributed by atoms with van der Waals surface area (Å²) in [6.45, 7) is 3.97. The molecule has 2 N–H and O–H groups in total. The number of aliphatic hydroxyl groups excluding tert-OH is 1. The zero-order valence-electron chi connectivity index (χ0n) is 13.2. The van der Waals surface area contributed by atoms with Crippen LogP contribution in [-0.2, 0) is 6.42 Å². The molecule has 0 fully saturated rings. The second-order valence-corrected chi connectivity index (χ2v) is 5.56. The van der Waals surface area contributed by atoms with Crippen LogP contribution in [0.5, 0.6) is 0 Å². The molecule has 3 aromatic rings. The van der Waals surface area contributed by atoms with Crippen LogP contribution in [0, 0.1) is 0 Å². The molecule has 4 nitrogen and oxygen atoms in total. The first-order chi connectivity index (χ1) is 11.6. The summed E-state index contributed by atoms with van der Waals surface area (Å²) >= 11 is 0. The molecule has 4 heteroatoms. The fourth-order valence-electron chi connectivity index (χ4n) is 2.51. The predicted molar refractivity (Wildman–Crippen MR) is 96.9 cm³/mol. The molecule has 1 heterocycles. The summed E-state index contributed by atoms with van der Waals surface area (Å²) in [5.74, 6) is 0.767. The lowest BCUT2D eigenvalue weighted by molar-refractivity contribution is 0.387. The molecule has 0 saturated heterocycles. The van der Waals surface area contributed by atoms with E-state index in [0.717, 1.165) is 11.1 Å². The Morgan fingerprint density at radius 2 is 1.83 bits per heavy atom. The van der Waals surface area contributed by atoms with E-state index < -0.39 is 0 Å². The molecule has 0 radical (unpaired) electrons. The van der Waals surface area contributed by atoms with Gasteiger partial charge in [-0.25, -0.2) is 4.98 Å². The van der Waals surface area contributed by atoms with Crippen molar-refractivity contribution in [1.29, 1.82) is 0 Å². The Bertz CT molecular complexity index is 956. The Morgan fingerprint density at radius 3 is 2.62 bits per heavy atom. The Balaban J connectivity index is 1.72. The molecule has 0 amide bonds. The molecular formula is C20H18N2O2. The molecule has 0 aliphatic carbocycles. The van der Waals surface area contributed by atoms with Gasteiger partial charge in [0.1, 0.15) is 5.82 Å². The Morgan fingerprint density at radius 1 is 1.12 bits per heavy atom. The number of aromatic nitrogens is 2. The van der Waals surface area contributed by atoms with E-state index in [1.807, 2.05) is 42.5 Å². The quantitative estimate of drug-likeness (QED) is 0.552. The molecule has 2 aromatic carbocycles. The second kappa shape index (κ2) is 6.96. The van der Waals surface area contributed by atoms with Gasteiger partial charge < -0.3 is 10.1 Å². The molecule has 120 valence electrons. The molecule has 24 heavy (non-hydrogen) atoms. The fraction of sp³-hybridized carbons (Fsp3) is 0.100. The van der Waals surface area contributed by atoms with Crippen LogP contribution in [0.2, 0.25) is 0 Å². The average molecular weight is 318 g/mol. The molecule has 0 atom stereocenters. The number of H-pyrrole nitrogens is 1. The van der Waals surface area contributed by atoms with Gasteiger partial charge in [0.25, 0.3) is 5.56 Å². The van der Waals surface area contributed by atoms with Crippen molar-refractivity contribution in [3.63, 3.8) is 0 Å². The van der Waals surface area contributed by atoms with Gasteiger partial charge in [-0.15, -0.1) is 0 Å². The van der Waals surface area contributed by atoms with Gasteiger partial charge in [-0.05, 0) is 29.3 Å². The van der Waals surface area contributed by atoms with Crippen molar-refractivity contribution < 1.29 is 5.11 Å². The number of benzene rings is 2. The summed E-state index contributed by atoms with van der Waals surface area (Å²) < 4.78 is 0. The number of fused-ring (bicyclic) bond motifs is 1. The minimum atomic E-state index is -0.159. The molecule has 0 spiro atoms. The van der Waals surface area contributed by atoms with Gasteiger partial charge >= 0.3 is 0 Å². The molecule has 0 saturated carbocycles. The van der Waals surface area contributed by atoms with Crippen LogP contribution in [0.1, 0.15) is 17.8 Å². The van der Waals surface area contributed by atoms with E-state index in [2.05, 4.69) is 16.5 Å². The number of aliphatic hydroxyl groups is 1. The first kappa shape index (κ1) is 15.7. The first-order valence-corrected chi connectivity index (χ1v) is 7.75. The van der Waals surface area contributed by atoms with E-state index >= 15 is 0 Å². The number of hydrogen-bond donors (Lipinski definition) is 2. The van der Waals surface area contributed by atoms with Gasteiger partial charge in [0.15, 0.2) is 0 Å². The lowest BCUT2D eigenvalue weighted by atomic mass is 10.1. The number of para-hydroxylation sites is 1. The molecule has 0 aliphatic rings. The summed E-state index contributed by atoms with van der Waals surface area (Å²) in [6.07, 6.45) is 2.48. The fourth-order valence-corrected chi connectivity index (χ4v) is 2.51. The Kier molecular flexibility index (Phi) is 4.57. The molecule has 0 bridgehead atoms. The molecular weight excluding hydrogens is 300 g/mol. The van der Waals surface area contributed by atoms with Crippen molar-refractivity contribution in [3.05, 3.63) is 94.8 Å². The second-order valence-electron chi connectivity index (χ2n) is 5.56. The van der Waals surface area contributed by atoms with Crippen LogP contribution < -0.4 is 5.56 Å². The lowest BCUT2D eigenvalue weighted by Gasteiger charge is -2.04. The van der Waals surface area contributed by atoms with E-state index in [0.29, 0.717) is 29.6 Å². The van der Waals surface area contributed by atoms with Gasteiger partial charge in [0.05, 0.1) is 16.7 Å². The van der Waals surface area contributed by atoms with Crippen LogP contribution >= 0.6 is 0 Å². The van der Waals surface area contributed by atoms with Crippen LogP contribution in [-0.4, -0.2) is 15.1 Å². The van der Waals surface area contributed by atoms with E-state index in [9.17, 15) is 9.90 Å². The van der Waals surface area contributed by atoms with Gasteiger partial charge in [0, 0.05) is 12.8 Å². The van der Waals surface area contributed by atoms with Crippen LogP contribution in [0.3, 0.4) is 0 Å². The van der Waals surface area contributed by atoms with Crippen LogP contribution in [0.15, 0.2) is 77.8 Å². The number of nitrogens with zero attached hydrogens (tertiary/aromatic N) is 1. The largest absolute Gasteiger partial charge is 0.512 e. The summed E-state index contributed by atoms with van der Waals surface area (Å²) in [5.41, 5.74) is 2.20. The van der Waals surface area contributed by atoms with Crippen molar-refractivity contribution in [2.45, 2.75) is 12.8 Å². The third-order valence-electron chi connectivity index (χ3n) is 3.77. The number of allylic oxidation sites excluding steroid dienone is 3. The maximum atomic E-state index is 12.0. The highest BCUT2D eigenvalue weighted by molar-refractivity contribution is 5.77. The van der Waals surface area contributed by atoms with Gasteiger partial charge in [-0.1, -0.05) is 49.0 Å². The number of rotatable bonds is 5. The standard InChI is InChI=1S/C20H18N2O2/c1-14(15-7-3-2-4-8-15)13-16(23)11-12-19-21-18-10-6-5-9-17(18)20(24)22-19/h2-10,13,23H,1,11-12H2,(H,21,22,24)/b16-13-. The SMILES string of the molecule is C=C(/C=C(\O)CCc1nc2ccccc2c(=O)[nH]1)c1ccccc1. The number of nitrogens with one attached hydrogen (secondary N) is 1. The van der Waals surface area contributed by atoms with Crippen molar-refractivity contribution in [2.24, 2.45) is 0 Å². The van der Waals surface area contributed by atoms with Crippen LogP contribution in [0.4, 0.5) is 0 Å². The summed E-state index contributed by atoms with van der Waals surface area (Å²) in [5, 5.41) is 10.7. The number of hydrogen-bond acceptors (Lipinski definition) is 3. The third kappa shape index (κ3) is 3.60. The minimum Gasteiger partial charge on any atom is -0.512 e. The maximum absolute atomic E-state index is 12.0. The minimum absolute atomic E-state index is 0.159. The number of aromatic amines is 1. The zero-order valence-corrected chi connectivity index (χ0v) is 13.2. The van der Waals surface area contributed by atoms with Gasteiger partial charge in [0.2, 0.25) is 0 Å². The van der Waals surface area contributed by atoms with E-state index in [1.54, 1.807) is 18.2 Å². The van der Waals surface area contributed by atoms with Gasteiger partial charge in [-0.3, -0.25) is 4.79 Å². The maximum Gasteiger partial charge on any atom is 0.258 e. The molecule has 0 aliphatic heterocycles. The highest BCUT2D eigenvalue weighted by Gasteiger charge is 2.05. The zero-order chi connectivity index (χ0) is 16.9. The molecule has 0 unspecified atom stereocenters. The lowest BCUT2D eigenvalue weighted by Crippen LogP contribution is -2.12. The van der Waals surface area contributed by atoms with Crippen molar-refractivity contribution >= 4 is 16.5 Å². The first-order valence-electron chi connectivity index (χ1n) is 7.75.